The van der Waals surface area contributed by atoms with E-state index < -0.39 is 5.97 Å². The van der Waals surface area contributed by atoms with Gasteiger partial charge in [-0.15, -0.1) is 0 Å². The van der Waals surface area contributed by atoms with E-state index in [-0.39, 0.29) is 18.2 Å². The summed E-state index contributed by atoms with van der Waals surface area (Å²) in [6, 6.07) is 0.295. The maximum Gasteiger partial charge on any atom is 0.303 e. The van der Waals surface area contributed by atoms with Crippen LogP contribution < -0.4 is 5.32 Å². The molecule has 1 heterocycles. The van der Waals surface area contributed by atoms with Crippen molar-refractivity contribution in [2.75, 3.05) is 19.6 Å². The molecule has 1 aliphatic heterocycles. The number of carbonyl (C=O) groups excluding carboxylic acids is 1. The summed E-state index contributed by atoms with van der Waals surface area (Å²) in [5.74, 6) is -0.510. The molecule has 0 radical (unpaired) electrons. The quantitative estimate of drug-likeness (QED) is 0.541. The van der Waals surface area contributed by atoms with Crippen LogP contribution in [-0.2, 0) is 9.59 Å². The highest BCUT2D eigenvalue weighted by Crippen LogP contribution is 2.26. The van der Waals surface area contributed by atoms with Gasteiger partial charge >= 0.3 is 5.97 Å². The standard InChI is InChI=1S/C18H34N2O3/c1-3-4-5-6-7-8-9-10-20-14-16(12-18(22)23)11-17(20)13-19-15(2)21/h16-17H,3-14H2,1-2H3,(H,19,21)(H,22,23)/t16-,17+/m1/s1. The molecule has 0 unspecified atom stereocenters. The Hall–Kier alpha value is -1.10. The maximum atomic E-state index is 11.1. The Kier molecular flexibility index (Phi) is 9.92. The van der Waals surface area contributed by atoms with Gasteiger partial charge < -0.3 is 10.4 Å². The summed E-state index contributed by atoms with van der Waals surface area (Å²) in [5, 5.41) is 11.9. The number of aliphatic carboxylic acids is 1. The van der Waals surface area contributed by atoms with Crippen molar-refractivity contribution in [2.45, 2.75) is 77.7 Å². The molecule has 0 aliphatic carbocycles. The van der Waals surface area contributed by atoms with E-state index >= 15 is 0 Å². The summed E-state index contributed by atoms with van der Waals surface area (Å²) < 4.78 is 0. The van der Waals surface area contributed by atoms with Crippen molar-refractivity contribution >= 4 is 11.9 Å². The first-order chi connectivity index (χ1) is 11.0. The molecular formula is C18H34N2O3. The molecule has 2 N–H and O–H groups in total. The molecule has 0 saturated carbocycles. The number of carboxylic acid groups (broad SMARTS) is 1. The van der Waals surface area contributed by atoms with Gasteiger partial charge in [0.15, 0.2) is 0 Å². The van der Waals surface area contributed by atoms with E-state index in [0.29, 0.717) is 12.6 Å². The number of likely N-dealkylation sites (tertiary alicyclic amines) is 1. The molecule has 0 spiro atoms. The first kappa shape index (κ1) is 19.9. The van der Waals surface area contributed by atoms with Crippen LogP contribution in [-0.4, -0.2) is 47.6 Å². The van der Waals surface area contributed by atoms with E-state index in [0.717, 1.165) is 19.5 Å². The molecule has 5 nitrogen and oxygen atoms in total. The Morgan fingerprint density at radius 3 is 2.39 bits per heavy atom. The van der Waals surface area contributed by atoms with E-state index in [1.165, 1.54) is 51.9 Å². The lowest BCUT2D eigenvalue weighted by Gasteiger charge is -2.24. The predicted octanol–water partition coefficient (Wildman–Crippen LogP) is 3.04. The first-order valence-electron chi connectivity index (χ1n) is 9.23. The Morgan fingerprint density at radius 2 is 1.78 bits per heavy atom. The van der Waals surface area contributed by atoms with Crippen LogP contribution in [0.3, 0.4) is 0 Å². The molecule has 0 aromatic heterocycles. The molecule has 1 amide bonds. The number of carboxylic acids is 1. The van der Waals surface area contributed by atoms with Crippen LogP contribution in [0, 0.1) is 5.92 Å². The van der Waals surface area contributed by atoms with Crippen molar-refractivity contribution in [3.8, 4) is 0 Å². The topological polar surface area (TPSA) is 69.6 Å². The van der Waals surface area contributed by atoms with Gasteiger partial charge in [-0.3, -0.25) is 14.5 Å². The molecule has 0 bridgehead atoms. The maximum absolute atomic E-state index is 11.1. The summed E-state index contributed by atoms with van der Waals surface area (Å²) in [4.78, 5) is 24.4. The largest absolute Gasteiger partial charge is 0.481 e. The van der Waals surface area contributed by atoms with Crippen molar-refractivity contribution in [3.05, 3.63) is 0 Å². The van der Waals surface area contributed by atoms with Gasteiger partial charge in [0.25, 0.3) is 0 Å². The lowest BCUT2D eigenvalue weighted by molar-refractivity contribution is -0.138. The van der Waals surface area contributed by atoms with Crippen LogP contribution in [0.4, 0.5) is 0 Å². The molecule has 1 saturated heterocycles. The van der Waals surface area contributed by atoms with Crippen LogP contribution in [0.2, 0.25) is 0 Å². The van der Waals surface area contributed by atoms with Gasteiger partial charge in [0, 0.05) is 32.5 Å². The Balaban J connectivity index is 2.29. The van der Waals surface area contributed by atoms with Crippen molar-refractivity contribution in [1.29, 1.82) is 0 Å². The van der Waals surface area contributed by atoms with Gasteiger partial charge in [-0.1, -0.05) is 45.4 Å². The molecule has 0 aromatic carbocycles. The third-order valence-corrected chi connectivity index (χ3v) is 4.71. The van der Waals surface area contributed by atoms with E-state index in [2.05, 4.69) is 17.1 Å². The Labute approximate surface area is 140 Å². The fraction of sp³-hybridized carbons (Fsp3) is 0.889. The first-order valence-corrected chi connectivity index (χ1v) is 9.23. The van der Waals surface area contributed by atoms with E-state index in [4.69, 9.17) is 5.11 Å². The average Bonchev–Trinajstić information content (AvgIpc) is 2.85. The molecular weight excluding hydrogens is 292 g/mol. The summed E-state index contributed by atoms with van der Waals surface area (Å²) in [6.45, 7) is 6.28. The monoisotopic (exact) mass is 326 g/mol. The highest BCUT2D eigenvalue weighted by molar-refractivity contribution is 5.72. The highest BCUT2D eigenvalue weighted by Gasteiger charge is 2.32. The SMILES string of the molecule is CCCCCCCCCN1C[C@@H](CC(=O)O)C[C@H]1CNC(C)=O. The van der Waals surface area contributed by atoms with Crippen LogP contribution >= 0.6 is 0 Å². The number of unbranched alkanes of at least 4 members (excludes halogenated alkanes) is 6. The normalized spacial score (nSPS) is 21.5. The minimum Gasteiger partial charge on any atom is -0.481 e. The summed E-state index contributed by atoms with van der Waals surface area (Å²) in [6.07, 6.45) is 10.1. The van der Waals surface area contributed by atoms with Crippen LogP contribution in [0.5, 0.6) is 0 Å². The number of rotatable bonds is 12. The number of carbonyl (C=O) groups is 2. The Morgan fingerprint density at radius 1 is 1.13 bits per heavy atom. The van der Waals surface area contributed by atoms with Gasteiger partial charge in [0.1, 0.15) is 0 Å². The summed E-state index contributed by atoms with van der Waals surface area (Å²) >= 11 is 0. The minimum absolute atomic E-state index is 0.0115. The van der Waals surface area contributed by atoms with Gasteiger partial charge in [-0.05, 0) is 25.3 Å². The van der Waals surface area contributed by atoms with Crippen LogP contribution in [0.15, 0.2) is 0 Å². The third kappa shape index (κ3) is 8.94. The smallest absolute Gasteiger partial charge is 0.303 e. The van der Waals surface area contributed by atoms with Crippen molar-refractivity contribution in [3.63, 3.8) is 0 Å². The zero-order valence-corrected chi connectivity index (χ0v) is 14.9. The fourth-order valence-corrected chi connectivity index (χ4v) is 3.50. The zero-order chi connectivity index (χ0) is 17.1. The molecule has 5 heteroatoms. The lowest BCUT2D eigenvalue weighted by Crippen LogP contribution is -2.39. The second kappa shape index (κ2) is 11.4. The number of amides is 1. The number of nitrogens with zero attached hydrogens (tertiary/aromatic N) is 1. The predicted molar refractivity (Wildman–Crippen MR) is 92.4 cm³/mol. The second-order valence-electron chi connectivity index (χ2n) is 6.91. The molecule has 0 aromatic rings. The molecule has 1 rings (SSSR count). The van der Waals surface area contributed by atoms with Crippen molar-refractivity contribution in [1.82, 2.24) is 10.2 Å². The second-order valence-corrected chi connectivity index (χ2v) is 6.91. The van der Waals surface area contributed by atoms with Crippen molar-refractivity contribution < 1.29 is 14.7 Å². The van der Waals surface area contributed by atoms with E-state index in [1.54, 1.807) is 0 Å². The van der Waals surface area contributed by atoms with E-state index in [1.807, 2.05) is 0 Å². The fourth-order valence-electron chi connectivity index (χ4n) is 3.50. The minimum atomic E-state index is -0.717. The number of hydrogen-bond donors (Lipinski definition) is 2. The van der Waals surface area contributed by atoms with E-state index in [9.17, 15) is 9.59 Å². The summed E-state index contributed by atoms with van der Waals surface area (Å²) in [7, 11) is 0. The molecule has 2 atom stereocenters. The van der Waals surface area contributed by atoms with Crippen LogP contribution in [0.25, 0.3) is 0 Å². The van der Waals surface area contributed by atoms with Gasteiger partial charge in [-0.25, -0.2) is 0 Å². The molecule has 134 valence electrons. The molecule has 1 aliphatic rings. The van der Waals surface area contributed by atoms with Gasteiger partial charge in [0.2, 0.25) is 5.91 Å². The number of hydrogen-bond acceptors (Lipinski definition) is 3. The van der Waals surface area contributed by atoms with Gasteiger partial charge in [-0.2, -0.15) is 0 Å². The average molecular weight is 326 g/mol. The lowest BCUT2D eigenvalue weighted by atomic mass is 10.0. The molecule has 23 heavy (non-hydrogen) atoms. The van der Waals surface area contributed by atoms with Gasteiger partial charge in [0.05, 0.1) is 0 Å². The molecule has 1 fully saturated rings. The number of nitrogens with one attached hydrogen (secondary N) is 1. The van der Waals surface area contributed by atoms with Crippen LogP contribution in [0.1, 0.15) is 71.6 Å². The summed E-state index contributed by atoms with van der Waals surface area (Å²) in [5.41, 5.74) is 0. The Bertz CT molecular complexity index is 360. The zero-order valence-electron chi connectivity index (χ0n) is 14.9. The third-order valence-electron chi connectivity index (χ3n) is 4.71. The van der Waals surface area contributed by atoms with Crippen molar-refractivity contribution in [2.24, 2.45) is 5.92 Å². The highest BCUT2D eigenvalue weighted by atomic mass is 16.4.